The fraction of sp³-hybridized carbons (Fsp3) is 0.483. The van der Waals surface area contributed by atoms with Gasteiger partial charge in [0.2, 0.25) is 5.91 Å². The van der Waals surface area contributed by atoms with E-state index in [1.54, 1.807) is 15.9 Å². The van der Waals surface area contributed by atoms with Crippen molar-refractivity contribution in [3.63, 3.8) is 0 Å². The van der Waals surface area contributed by atoms with Crippen LogP contribution in [0.25, 0.3) is 10.8 Å². The number of rotatable bonds is 9. The molecule has 3 heterocycles. The molecule has 2 bridgehead atoms. The summed E-state index contributed by atoms with van der Waals surface area (Å²) in [6.07, 6.45) is 2.87. The van der Waals surface area contributed by atoms with Crippen molar-refractivity contribution in [2.24, 2.45) is 17.8 Å². The normalized spacial score (nSPS) is 31.3. The molecule has 3 saturated heterocycles. The second-order valence-corrected chi connectivity index (χ2v) is 13.4. The molecule has 3 unspecified atom stereocenters. The highest BCUT2D eigenvalue weighted by Gasteiger charge is 2.76. The minimum Gasteiger partial charge on any atom is -0.481 e. The van der Waals surface area contributed by atoms with E-state index < -0.39 is 34.6 Å². The van der Waals surface area contributed by atoms with Crippen LogP contribution in [0.2, 0.25) is 0 Å². The molecule has 9 heteroatoms. The van der Waals surface area contributed by atoms with Crippen molar-refractivity contribution in [2.45, 2.75) is 53.6 Å². The predicted molar refractivity (Wildman–Crippen MR) is 154 cm³/mol. The van der Waals surface area contributed by atoms with Gasteiger partial charge in [-0.2, -0.15) is 0 Å². The van der Waals surface area contributed by atoms with E-state index in [0.29, 0.717) is 18.5 Å². The van der Waals surface area contributed by atoms with Gasteiger partial charge in [0.15, 0.2) is 0 Å². The molecular formula is C29H33BrN2O5S. The van der Waals surface area contributed by atoms with Crippen LogP contribution >= 0.6 is 27.7 Å². The molecule has 2 aromatic rings. The number of carboxylic acid groups (broad SMARTS) is 1. The largest absolute Gasteiger partial charge is 0.481 e. The highest BCUT2D eigenvalue weighted by Crippen LogP contribution is 2.68. The summed E-state index contributed by atoms with van der Waals surface area (Å²) in [7, 11) is 0. The first-order valence-corrected chi connectivity index (χ1v) is 14.9. The Labute approximate surface area is 235 Å². The molecule has 2 amide bonds. The summed E-state index contributed by atoms with van der Waals surface area (Å²) in [6.45, 7) is 7.76. The lowest BCUT2D eigenvalue weighted by Crippen LogP contribution is -2.59. The quantitative estimate of drug-likeness (QED) is 0.329. The average molecular weight is 602 g/mol. The van der Waals surface area contributed by atoms with Gasteiger partial charge in [-0.15, -0.1) is 18.3 Å². The molecule has 1 spiro atoms. The number of anilines is 1. The van der Waals surface area contributed by atoms with Crippen molar-refractivity contribution >= 4 is 61.9 Å². The number of likely N-dealkylation sites (tertiary alicyclic amines) is 1. The molecule has 0 saturated carbocycles. The number of aliphatic hydroxyl groups is 1. The third-order valence-electron chi connectivity index (χ3n) is 8.71. The van der Waals surface area contributed by atoms with E-state index in [1.165, 1.54) is 11.8 Å². The van der Waals surface area contributed by atoms with Gasteiger partial charge >= 0.3 is 5.97 Å². The molecule has 202 valence electrons. The van der Waals surface area contributed by atoms with Crippen LogP contribution in [-0.2, 0) is 14.4 Å². The van der Waals surface area contributed by atoms with Crippen molar-refractivity contribution in [3.05, 3.63) is 55.1 Å². The van der Waals surface area contributed by atoms with Gasteiger partial charge in [-0.1, -0.05) is 72.6 Å². The maximum Gasteiger partial charge on any atom is 0.308 e. The summed E-state index contributed by atoms with van der Waals surface area (Å²) >= 11 is 5.16. The Hall–Kier alpha value is -2.36. The zero-order valence-electron chi connectivity index (χ0n) is 21.5. The molecule has 7 nitrogen and oxygen atoms in total. The zero-order valence-corrected chi connectivity index (χ0v) is 23.9. The molecule has 5 rings (SSSR count). The van der Waals surface area contributed by atoms with Crippen LogP contribution in [-0.4, -0.2) is 73.0 Å². The van der Waals surface area contributed by atoms with Crippen LogP contribution in [0, 0.1) is 17.8 Å². The first-order valence-electron chi connectivity index (χ1n) is 13.1. The maximum atomic E-state index is 14.7. The standard InChI is InChI=1S/C29H33BrN2O5S/c1-4-12-31(19-11-10-17-8-6-7-9-18(17)13-19)27(35)25-29-14-20(30)24(38-29)22(28(36)37)23(29)26(34)32(25)21(15-33)16(3)5-2/h4,6-11,13,16,20-25,33H,1,5,12,14-15H2,2-3H3,(H,36,37)/t16-,20?,21-,22-,23-,24-,25?,29?/m0/s1. The number of aliphatic hydroxyl groups excluding tert-OH is 1. The Morgan fingerprint density at radius 3 is 2.63 bits per heavy atom. The second-order valence-electron chi connectivity index (χ2n) is 10.7. The lowest BCUT2D eigenvalue weighted by Gasteiger charge is -2.41. The van der Waals surface area contributed by atoms with Crippen molar-refractivity contribution in [1.82, 2.24) is 4.90 Å². The first kappa shape index (κ1) is 27.2. The van der Waals surface area contributed by atoms with E-state index in [9.17, 15) is 24.6 Å². The number of hydrogen-bond donors (Lipinski definition) is 2. The van der Waals surface area contributed by atoms with Gasteiger partial charge in [0.25, 0.3) is 5.91 Å². The van der Waals surface area contributed by atoms with Crippen molar-refractivity contribution in [2.75, 3.05) is 18.1 Å². The lowest BCUT2D eigenvalue weighted by molar-refractivity contribution is -0.149. The Balaban J connectivity index is 1.65. The van der Waals surface area contributed by atoms with E-state index >= 15 is 0 Å². The van der Waals surface area contributed by atoms with E-state index in [0.717, 1.165) is 10.8 Å². The molecule has 2 aromatic carbocycles. The number of fused-ring (bicyclic) bond motifs is 2. The van der Waals surface area contributed by atoms with Crippen molar-refractivity contribution in [3.8, 4) is 0 Å². The highest BCUT2D eigenvalue weighted by atomic mass is 79.9. The highest BCUT2D eigenvalue weighted by molar-refractivity contribution is 9.09. The number of thioether (sulfide) groups is 1. The van der Waals surface area contributed by atoms with Crippen molar-refractivity contribution < 1.29 is 24.6 Å². The molecule has 0 radical (unpaired) electrons. The van der Waals surface area contributed by atoms with Gasteiger partial charge in [-0.05, 0) is 35.2 Å². The van der Waals surface area contributed by atoms with Crippen LogP contribution in [0.4, 0.5) is 5.69 Å². The Morgan fingerprint density at radius 1 is 1.29 bits per heavy atom. The number of benzene rings is 2. The van der Waals surface area contributed by atoms with Gasteiger partial charge in [0, 0.05) is 22.3 Å². The van der Waals surface area contributed by atoms with Gasteiger partial charge < -0.3 is 20.0 Å². The zero-order chi connectivity index (χ0) is 27.4. The smallest absolute Gasteiger partial charge is 0.308 e. The van der Waals surface area contributed by atoms with Crippen LogP contribution in [0.3, 0.4) is 0 Å². The average Bonchev–Trinajstić information content (AvgIpc) is 3.50. The number of hydrogen-bond acceptors (Lipinski definition) is 5. The predicted octanol–water partition coefficient (Wildman–Crippen LogP) is 4.32. The molecular weight excluding hydrogens is 568 g/mol. The number of nitrogens with zero attached hydrogens (tertiary/aromatic N) is 2. The monoisotopic (exact) mass is 600 g/mol. The Morgan fingerprint density at radius 2 is 2.00 bits per heavy atom. The summed E-state index contributed by atoms with van der Waals surface area (Å²) < 4.78 is -0.896. The molecule has 3 aliphatic rings. The summed E-state index contributed by atoms with van der Waals surface area (Å²) in [5.41, 5.74) is 0.688. The number of carbonyl (C=O) groups is 3. The third-order valence-corrected chi connectivity index (χ3v) is 11.9. The number of carboxylic acids is 1. The molecule has 3 aliphatic heterocycles. The van der Waals surface area contributed by atoms with Crippen LogP contribution < -0.4 is 4.90 Å². The van der Waals surface area contributed by atoms with Crippen LogP contribution in [0.15, 0.2) is 55.1 Å². The molecule has 0 aliphatic carbocycles. The van der Waals surface area contributed by atoms with Gasteiger partial charge in [-0.3, -0.25) is 14.4 Å². The van der Waals surface area contributed by atoms with E-state index in [2.05, 4.69) is 22.5 Å². The van der Waals surface area contributed by atoms with Gasteiger partial charge in [-0.25, -0.2) is 0 Å². The van der Waals surface area contributed by atoms with Gasteiger partial charge in [0.1, 0.15) is 6.04 Å². The molecule has 2 N–H and O–H groups in total. The fourth-order valence-electron chi connectivity index (χ4n) is 6.74. The molecule has 38 heavy (non-hydrogen) atoms. The molecule has 8 atom stereocenters. The Bertz CT molecular complexity index is 1290. The Kier molecular flexibility index (Phi) is 7.39. The maximum absolute atomic E-state index is 14.7. The van der Waals surface area contributed by atoms with Crippen LogP contribution in [0.1, 0.15) is 26.7 Å². The first-order chi connectivity index (χ1) is 18.2. The summed E-state index contributed by atoms with van der Waals surface area (Å²) in [5.74, 6) is -3.40. The van der Waals surface area contributed by atoms with E-state index in [4.69, 9.17) is 0 Å². The summed E-state index contributed by atoms with van der Waals surface area (Å²) in [6, 6.07) is 12.2. The van der Waals surface area contributed by atoms with E-state index in [1.807, 2.05) is 56.3 Å². The SMILES string of the molecule is C=CCN(C(=O)C1N([C@@H](CO)[C@@H](C)CC)C(=O)[C@@H]2[C@H](C(=O)O)[C@H]3SC12CC3Br)c1ccc2ccccc2c1. The number of carbonyl (C=O) groups excluding carboxylic acids is 2. The fourth-order valence-corrected chi connectivity index (χ4v) is 10.3. The lowest BCUT2D eigenvalue weighted by atomic mass is 9.71. The molecule has 3 fully saturated rings. The van der Waals surface area contributed by atoms with Crippen LogP contribution in [0.5, 0.6) is 0 Å². The second kappa shape index (κ2) is 10.3. The minimum atomic E-state index is -1.01. The minimum absolute atomic E-state index is 0.0757. The summed E-state index contributed by atoms with van der Waals surface area (Å²) in [4.78, 5) is 44.4. The summed E-state index contributed by atoms with van der Waals surface area (Å²) in [5, 5.41) is 22.4. The molecule has 0 aromatic heterocycles. The van der Waals surface area contributed by atoms with E-state index in [-0.39, 0.29) is 41.0 Å². The number of halogens is 1. The van der Waals surface area contributed by atoms with Gasteiger partial charge in [0.05, 0.1) is 29.2 Å². The number of alkyl halides is 1. The third kappa shape index (κ3) is 4.00. The number of amides is 2. The number of aliphatic carboxylic acids is 1. The topological polar surface area (TPSA) is 98.2 Å². The van der Waals surface area contributed by atoms with Crippen molar-refractivity contribution in [1.29, 1.82) is 0 Å².